The predicted octanol–water partition coefficient (Wildman–Crippen LogP) is 2.07. The summed E-state index contributed by atoms with van der Waals surface area (Å²) in [6.07, 6.45) is 5.26. The highest BCUT2D eigenvalue weighted by molar-refractivity contribution is 7.91. The first-order chi connectivity index (χ1) is 12.5. The molecule has 6 nitrogen and oxygen atoms in total. The van der Waals surface area contributed by atoms with E-state index in [9.17, 15) is 13.2 Å². The average molecular weight is 400 g/mol. The van der Waals surface area contributed by atoms with Crippen molar-refractivity contribution in [2.45, 2.75) is 55.7 Å². The Morgan fingerprint density at radius 3 is 2.54 bits per heavy atom. The molecule has 2 aliphatic rings. The molecule has 3 rings (SSSR count). The Bertz CT molecular complexity index is 703. The summed E-state index contributed by atoms with van der Waals surface area (Å²) in [5.41, 5.74) is 0. The Hall–Kier alpha value is -0.960. The fourth-order valence-electron chi connectivity index (χ4n) is 3.70. The molecule has 0 atom stereocenters. The van der Waals surface area contributed by atoms with Crippen molar-refractivity contribution in [2.75, 3.05) is 32.7 Å². The average Bonchev–Trinajstić information content (AvgIpc) is 3.29. The van der Waals surface area contributed by atoms with E-state index < -0.39 is 10.0 Å². The van der Waals surface area contributed by atoms with Crippen LogP contribution in [0.3, 0.4) is 0 Å². The van der Waals surface area contributed by atoms with Crippen LogP contribution in [0.4, 0.5) is 0 Å². The number of carbonyl (C=O) groups is 1. The predicted molar refractivity (Wildman–Crippen MR) is 104 cm³/mol. The molecule has 0 aromatic carbocycles. The molecule has 3 heterocycles. The standard InChI is InChI=1S/C18H29N3O3S2/c1-2-9-20-12-7-15(8-13-20)19-17(22)14-16-5-6-18(25-16)26(23,24)21-10-3-4-11-21/h5-6,15H,2-4,7-14H2,1H3,(H,19,22). The molecular weight excluding hydrogens is 370 g/mol. The van der Waals surface area contributed by atoms with Gasteiger partial charge in [-0.1, -0.05) is 6.92 Å². The maximum absolute atomic E-state index is 12.6. The fourth-order valence-corrected chi connectivity index (χ4v) is 6.73. The van der Waals surface area contributed by atoms with E-state index in [2.05, 4.69) is 17.1 Å². The van der Waals surface area contributed by atoms with Crippen molar-refractivity contribution >= 4 is 27.3 Å². The van der Waals surface area contributed by atoms with Crippen LogP contribution >= 0.6 is 11.3 Å². The van der Waals surface area contributed by atoms with Gasteiger partial charge >= 0.3 is 0 Å². The molecule has 0 radical (unpaired) electrons. The van der Waals surface area contributed by atoms with E-state index in [0.717, 1.165) is 56.6 Å². The highest BCUT2D eigenvalue weighted by Crippen LogP contribution is 2.27. The Morgan fingerprint density at radius 2 is 1.88 bits per heavy atom. The zero-order valence-corrected chi connectivity index (χ0v) is 17.1. The van der Waals surface area contributed by atoms with Crippen LogP contribution in [0.2, 0.25) is 0 Å². The van der Waals surface area contributed by atoms with Gasteiger partial charge in [0.1, 0.15) is 4.21 Å². The monoisotopic (exact) mass is 399 g/mol. The summed E-state index contributed by atoms with van der Waals surface area (Å²) in [7, 11) is -3.38. The van der Waals surface area contributed by atoms with Gasteiger partial charge in [-0.2, -0.15) is 4.31 Å². The minimum Gasteiger partial charge on any atom is -0.353 e. The highest BCUT2D eigenvalue weighted by atomic mass is 32.2. The van der Waals surface area contributed by atoms with Crippen molar-refractivity contribution in [3.05, 3.63) is 17.0 Å². The van der Waals surface area contributed by atoms with Gasteiger partial charge in [0.15, 0.2) is 0 Å². The summed E-state index contributed by atoms with van der Waals surface area (Å²) < 4.78 is 27.0. The molecule has 2 saturated heterocycles. The van der Waals surface area contributed by atoms with Crippen molar-refractivity contribution in [2.24, 2.45) is 0 Å². The first kappa shape index (κ1) is 19.8. The van der Waals surface area contributed by atoms with E-state index in [4.69, 9.17) is 0 Å². The number of hydrogen-bond acceptors (Lipinski definition) is 5. The molecule has 0 spiro atoms. The van der Waals surface area contributed by atoms with Crippen LogP contribution in [0.15, 0.2) is 16.3 Å². The Morgan fingerprint density at radius 1 is 1.19 bits per heavy atom. The van der Waals surface area contributed by atoms with E-state index in [1.165, 1.54) is 11.3 Å². The van der Waals surface area contributed by atoms with E-state index in [1.807, 2.05) is 0 Å². The molecular formula is C18H29N3O3S2. The van der Waals surface area contributed by atoms with Crippen LogP contribution in [-0.2, 0) is 21.2 Å². The van der Waals surface area contributed by atoms with Crippen LogP contribution in [0.5, 0.6) is 0 Å². The molecule has 2 aliphatic heterocycles. The second-order valence-electron chi connectivity index (χ2n) is 7.19. The molecule has 146 valence electrons. The third kappa shape index (κ3) is 4.85. The number of nitrogens with one attached hydrogen (secondary N) is 1. The molecule has 0 aliphatic carbocycles. The van der Waals surface area contributed by atoms with Gasteiger partial charge in [-0.05, 0) is 50.8 Å². The van der Waals surface area contributed by atoms with Gasteiger partial charge in [0.25, 0.3) is 10.0 Å². The minimum atomic E-state index is -3.38. The number of sulfonamides is 1. The van der Waals surface area contributed by atoms with Crippen LogP contribution in [0.25, 0.3) is 0 Å². The summed E-state index contributed by atoms with van der Waals surface area (Å²) in [5, 5.41) is 3.11. The fraction of sp³-hybridized carbons (Fsp3) is 0.722. The second-order valence-corrected chi connectivity index (χ2v) is 10.5. The summed E-state index contributed by atoms with van der Waals surface area (Å²) in [6.45, 7) is 6.60. The third-order valence-corrected chi connectivity index (χ3v) is 8.57. The molecule has 2 fully saturated rings. The van der Waals surface area contributed by atoms with Gasteiger partial charge in [0, 0.05) is 37.1 Å². The molecule has 26 heavy (non-hydrogen) atoms. The Balaban J connectivity index is 1.50. The molecule has 0 unspecified atom stereocenters. The van der Waals surface area contributed by atoms with E-state index in [-0.39, 0.29) is 18.4 Å². The van der Waals surface area contributed by atoms with Crippen molar-refractivity contribution in [3.8, 4) is 0 Å². The van der Waals surface area contributed by atoms with Gasteiger partial charge in [-0.3, -0.25) is 4.79 Å². The topological polar surface area (TPSA) is 69.7 Å². The van der Waals surface area contributed by atoms with Crippen LogP contribution in [0.1, 0.15) is 43.9 Å². The number of nitrogens with zero attached hydrogens (tertiary/aromatic N) is 2. The summed E-state index contributed by atoms with van der Waals surface area (Å²) in [5.74, 6) is -0.00841. The number of thiophene rings is 1. The lowest BCUT2D eigenvalue weighted by molar-refractivity contribution is -0.121. The van der Waals surface area contributed by atoms with Gasteiger partial charge in [-0.15, -0.1) is 11.3 Å². The maximum atomic E-state index is 12.6. The normalized spacial score (nSPS) is 20.5. The third-order valence-electron chi connectivity index (χ3n) is 5.12. The smallest absolute Gasteiger partial charge is 0.252 e. The van der Waals surface area contributed by atoms with Crippen molar-refractivity contribution in [1.29, 1.82) is 0 Å². The number of hydrogen-bond donors (Lipinski definition) is 1. The number of rotatable bonds is 7. The molecule has 1 N–H and O–H groups in total. The maximum Gasteiger partial charge on any atom is 0.252 e. The molecule has 8 heteroatoms. The quantitative estimate of drug-likeness (QED) is 0.762. The van der Waals surface area contributed by atoms with Gasteiger partial charge in [0.2, 0.25) is 5.91 Å². The zero-order valence-electron chi connectivity index (χ0n) is 15.4. The van der Waals surface area contributed by atoms with Gasteiger partial charge in [-0.25, -0.2) is 8.42 Å². The summed E-state index contributed by atoms with van der Waals surface area (Å²) >= 11 is 1.23. The van der Waals surface area contributed by atoms with Crippen molar-refractivity contribution in [1.82, 2.24) is 14.5 Å². The van der Waals surface area contributed by atoms with E-state index in [0.29, 0.717) is 17.3 Å². The lowest BCUT2D eigenvalue weighted by Crippen LogP contribution is -2.45. The molecule has 1 aromatic heterocycles. The first-order valence-corrected chi connectivity index (χ1v) is 11.9. The van der Waals surface area contributed by atoms with Crippen molar-refractivity contribution < 1.29 is 13.2 Å². The summed E-state index contributed by atoms with van der Waals surface area (Å²) in [6, 6.07) is 3.66. The Kier molecular flexibility index (Phi) is 6.71. The minimum absolute atomic E-state index is 0.00841. The second kappa shape index (κ2) is 8.82. The van der Waals surface area contributed by atoms with E-state index >= 15 is 0 Å². The molecule has 1 aromatic rings. The van der Waals surface area contributed by atoms with Crippen LogP contribution < -0.4 is 5.32 Å². The number of likely N-dealkylation sites (tertiary alicyclic amines) is 1. The molecule has 1 amide bonds. The van der Waals surface area contributed by atoms with Crippen LogP contribution in [0, 0.1) is 0 Å². The Labute approximate surface area is 160 Å². The van der Waals surface area contributed by atoms with Crippen molar-refractivity contribution in [3.63, 3.8) is 0 Å². The highest BCUT2D eigenvalue weighted by Gasteiger charge is 2.28. The molecule has 0 bridgehead atoms. The van der Waals surface area contributed by atoms with E-state index in [1.54, 1.807) is 16.4 Å². The summed E-state index contributed by atoms with van der Waals surface area (Å²) in [4.78, 5) is 15.6. The number of amides is 1. The number of carbonyl (C=O) groups excluding carboxylic acids is 1. The largest absolute Gasteiger partial charge is 0.353 e. The first-order valence-electron chi connectivity index (χ1n) is 9.59. The lowest BCUT2D eigenvalue weighted by Gasteiger charge is -2.32. The number of piperidine rings is 1. The van der Waals surface area contributed by atoms with Gasteiger partial charge < -0.3 is 10.2 Å². The zero-order chi connectivity index (χ0) is 18.6. The van der Waals surface area contributed by atoms with Crippen LogP contribution in [-0.4, -0.2) is 62.3 Å². The van der Waals surface area contributed by atoms with Gasteiger partial charge in [0.05, 0.1) is 6.42 Å². The lowest BCUT2D eigenvalue weighted by atomic mass is 10.0. The SMILES string of the molecule is CCCN1CCC(NC(=O)Cc2ccc(S(=O)(=O)N3CCCC3)s2)CC1. The molecule has 0 saturated carbocycles.